The number of anilines is 3. The molecule has 26 heavy (non-hydrogen) atoms. The summed E-state index contributed by atoms with van der Waals surface area (Å²) >= 11 is 1.47. The van der Waals surface area contributed by atoms with E-state index in [1.165, 1.54) is 28.0 Å². The van der Waals surface area contributed by atoms with Crippen molar-refractivity contribution in [1.82, 2.24) is 0 Å². The van der Waals surface area contributed by atoms with Gasteiger partial charge in [0.05, 0.1) is 11.4 Å². The van der Waals surface area contributed by atoms with Gasteiger partial charge in [-0.15, -0.1) is 11.3 Å². The third kappa shape index (κ3) is 4.06. The van der Waals surface area contributed by atoms with Crippen LogP contribution >= 0.6 is 11.3 Å². The molecule has 0 saturated carbocycles. The van der Waals surface area contributed by atoms with Gasteiger partial charge >= 0.3 is 0 Å². The Hall–Kier alpha value is -2.79. The van der Waals surface area contributed by atoms with E-state index in [1.807, 2.05) is 29.6 Å². The summed E-state index contributed by atoms with van der Waals surface area (Å²) in [6.07, 6.45) is 0. The molecular formula is C21H23N3OS. The van der Waals surface area contributed by atoms with Crippen molar-refractivity contribution >= 4 is 34.3 Å². The average Bonchev–Trinajstić information content (AvgIpc) is 3.03. The van der Waals surface area contributed by atoms with Crippen LogP contribution in [0.3, 0.4) is 0 Å². The van der Waals surface area contributed by atoms with Crippen LogP contribution in [0.4, 0.5) is 17.1 Å². The van der Waals surface area contributed by atoms with Crippen molar-refractivity contribution < 1.29 is 4.79 Å². The zero-order valence-corrected chi connectivity index (χ0v) is 16.0. The Morgan fingerprint density at radius 2 is 1.69 bits per heavy atom. The molecule has 0 unspecified atom stereocenters. The summed E-state index contributed by atoms with van der Waals surface area (Å²) in [4.78, 5) is 12.3. The van der Waals surface area contributed by atoms with Crippen molar-refractivity contribution in [3.63, 3.8) is 0 Å². The third-order valence-corrected chi connectivity index (χ3v) is 5.34. The second-order valence-corrected chi connectivity index (χ2v) is 7.22. The largest absolute Gasteiger partial charge is 0.396 e. The fourth-order valence-electron chi connectivity index (χ4n) is 2.72. The first-order valence-corrected chi connectivity index (χ1v) is 9.42. The first kappa shape index (κ1) is 18.0. The van der Waals surface area contributed by atoms with Gasteiger partial charge in [0.2, 0.25) is 0 Å². The molecule has 0 aliphatic rings. The quantitative estimate of drug-likeness (QED) is 0.588. The number of nitrogens with one attached hydrogen (secondary N) is 2. The standard InChI is InChI=1S/C21H23N3OS/c1-13-8-18(9-14(2)15(13)3)23-10-16-4-6-17(7-5-16)21(25)24-20-12-26-11-19(20)22/h4-9,11-12,23H,10,22H2,1-3H3,(H,24,25). The van der Waals surface area contributed by atoms with Crippen LogP contribution in [0.15, 0.2) is 47.2 Å². The molecule has 3 rings (SSSR count). The number of carbonyl (C=O) groups excluding carboxylic acids is 1. The maximum atomic E-state index is 12.3. The van der Waals surface area contributed by atoms with Gasteiger partial charge in [-0.1, -0.05) is 12.1 Å². The molecule has 1 amide bonds. The van der Waals surface area contributed by atoms with Crippen LogP contribution in [0.5, 0.6) is 0 Å². The van der Waals surface area contributed by atoms with Crippen LogP contribution in [0.25, 0.3) is 0 Å². The molecule has 2 aromatic carbocycles. The molecule has 5 heteroatoms. The molecule has 0 saturated heterocycles. The van der Waals surface area contributed by atoms with E-state index in [9.17, 15) is 4.79 Å². The number of benzene rings is 2. The summed E-state index contributed by atoms with van der Waals surface area (Å²) in [7, 11) is 0. The van der Waals surface area contributed by atoms with Crippen molar-refractivity contribution in [3.8, 4) is 0 Å². The molecule has 0 fully saturated rings. The summed E-state index contributed by atoms with van der Waals surface area (Å²) < 4.78 is 0. The molecule has 0 radical (unpaired) electrons. The number of thiophene rings is 1. The summed E-state index contributed by atoms with van der Waals surface area (Å²) in [5.41, 5.74) is 13.8. The highest BCUT2D eigenvalue weighted by Crippen LogP contribution is 2.24. The van der Waals surface area contributed by atoms with Gasteiger partial charge < -0.3 is 16.4 Å². The molecule has 1 aromatic heterocycles. The number of rotatable bonds is 5. The van der Waals surface area contributed by atoms with E-state index in [-0.39, 0.29) is 5.91 Å². The summed E-state index contributed by atoms with van der Waals surface area (Å²) in [5.74, 6) is -0.153. The SMILES string of the molecule is Cc1cc(NCc2ccc(C(=O)Nc3cscc3N)cc2)cc(C)c1C. The highest BCUT2D eigenvalue weighted by atomic mass is 32.1. The van der Waals surface area contributed by atoms with E-state index >= 15 is 0 Å². The van der Waals surface area contributed by atoms with Crippen LogP contribution in [-0.4, -0.2) is 5.91 Å². The Bertz CT molecular complexity index is 906. The number of hydrogen-bond donors (Lipinski definition) is 3. The van der Waals surface area contributed by atoms with Crippen molar-refractivity contribution in [2.24, 2.45) is 0 Å². The topological polar surface area (TPSA) is 67.2 Å². The molecule has 0 atom stereocenters. The van der Waals surface area contributed by atoms with Crippen LogP contribution in [-0.2, 0) is 6.54 Å². The number of nitrogen functional groups attached to an aromatic ring is 1. The molecule has 0 aliphatic carbocycles. The smallest absolute Gasteiger partial charge is 0.255 e. The van der Waals surface area contributed by atoms with Gasteiger partial charge in [-0.25, -0.2) is 0 Å². The minimum atomic E-state index is -0.153. The highest BCUT2D eigenvalue weighted by Gasteiger charge is 2.09. The number of amides is 1. The van der Waals surface area contributed by atoms with Gasteiger partial charge in [-0.2, -0.15) is 0 Å². The Morgan fingerprint density at radius 3 is 2.27 bits per heavy atom. The molecule has 0 aliphatic heterocycles. The maximum Gasteiger partial charge on any atom is 0.255 e. The number of aryl methyl sites for hydroxylation is 2. The summed E-state index contributed by atoms with van der Waals surface area (Å²) in [6.45, 7) is 7.10. The second kappa shape index (κ2) is 7.62. The molecule has 3 aromatic rings. The van der Waals surface area contributed by atoms with Crippen LogP contribution in [0.2, 0.25) is 0 Å². The van der Waals surface area contributed by atoms with Gasteiger partial charge in [0.1, 0.15) is 0 Å². The van der Waals surface area contributed by atoms with E-state index in [0.29, 0.717) is 23.5 Å². The number of carbonyl (C=O) groups is 1. The molecule has 134 valence electrons. The zero-order chi connectivity index (χ0) is 18.7. The number of nitrogens with two attached hydrogens (primary N) is 1. The molecule has 0 bridgehead atoms. The van der Waals surface area contributed by atoms with Gasteiger partial charge in [-0.3, -0.25) is 4.79 Å². The fraction of sp³-hybridized carbons (Fsp3) is 0.190. The van der Waals surface area contributed by atoms with Crippen LogP contribution < -0.4 is 16.4 Å². The van der Waals surface area contributed by atoms with E-state index in [1.54, 1.807) is 5.38 Å². The summed E-state index contributed by atoms with van der Waals surface area (Å²) in [6, 6.07) is 11.9. The molecule has 4 nitrogen and oxygen atoms in total. The van der Waals surface area contributed by atoms with Gasteiger partial charge in [0.15, 0.2) is 0 Å². The third-order valence-electron chi connectivity index (χ3n) is 4.58. The monoisotopic (exact) mass is 365 g/mol. The lowest BCUT2D eigenvalue weighted by Crippen LogP contribution is -2.12. The van der Waals surface area contributed by atoms with Gasteiger partial charge in [-0.05, 0) is 67.3 Å². The highest BCUT2D eigenvalue weighted by molar-refractivity contribution is 7.09. The second-order valence-electron chi connectivity index (χ2n) is 6.48. The molecule has 1 heterocycles. The van der Waals surface area contributed by atoms with Crippen molar-refractivity contribution in [1.29, 1.82) is 0 Å². The summed E-state index contributed by atoms with van der Waals surface area (Å²) in [5, 5.41) is 9.91. The average molecular weight is 366 g/mol. The lowest BCUT2D eigenvalue weighted by molar-refractivity contribution is 0.102. The van der Waals surface area contributed by atoms with E-state index in [2.05, 4.69) is 43.5 Å². The molecule has 0 spiro atoms. The minimum absolute atomic E-state index is 0.153. The van der Waals surface area contributed by atoms with E-state index in [0.717, 1.165) is 11.3 Å². The first-order valence-electron chi connectivity index (χ1n) is 8.47. The van der Waals surface area contributed by atoms with Crippen molar-refractivity contribution in [2.75, 3.05) is 16.4 Å². The normalized spacial score (nSPS) is 10.6. The lowest BCUT2D eigenvalue weighted by atomic mass is 10.0. The van der Waals surface area contributed by atoms with Gasteiger partial charge in [0, 0.05) is 28.6 Å². The molecular weight excluding hydrogens is 342 g/mol. The van der Waals surface area contributed by atoms with Crippen LogP contribution in [0, 0.1) is 20.8 Å². The predicted molar refractivity (Wildman–Crippen MR) is 111 cm³/mol. The minimum Gasteiger partial charge on any atom is -0.396 e. The fourth-order valence-corrected chi connectivity index (χ4v) is 3.39. The Morgan fingerprint density at radius 1 is 1.04 bits per heavy atom. The van der Waals surface area contributed by atoms with Crippen molar-refractivity contribution in [3.05, 3.63) is 75.0 Å². The van der Waals surface area contributed by atoms with Crippen LogP contribution in [0.1, 0.15) is 32.6 Å². The Labute approximate surface area is 158 Å². The zero-order valence-electron chi connectivity index (χ0n) is 15.2. The molecule has 4 N–H and O–H groups in total. The lowest BCUT2D eigenvalue weighted by Gasteiger charge is -2.12. The Balaban J connectivity index is 1.63. The Kier molecular flexibility index (Phi) is 5.28. The van der Waals surface area contributed by atoms with Gasteiger partial charge in [0.25, 0.3) is 5.91 Å². The van der Waals surface area contributed by atoms with E-state index in [4.69, 9.17) is 5.73 Å². The first-order chi connectivity index (χ1) is 12.4. The predicted octanol–water partition coefficient (Wildman–Crippen LogP) is 5.12. The number of hydrogen-bond acceptors (Lipinski definition) is 4. The maximum absolute atomic E-state index is 12.3. The van der Waals surface area contributed by atoms with E-state index < -0.39 is 0 Å². The van der Waals surface area contributed by atoms with Crippen molar-refractivity contribution in [2.45, 2.75) is 27.3 Å².